The first-order valence-corrected chi connectivity index (χ1v) is 8.40. The Balaban J connectivity index is 2.63. The number of amides is 1. The van der Waals surface area contributed by atoms with Crippen LogP contribution >= 0.6 is 0 Å². The number of hydrogen-bond donors (Lipinski definition) is 1. The molecule has 3 nitrogen and oxygen atoms in total. The number of rotatable bonds is 7. The Morgan fingerprint density at radius 2 is 1.86 bits per heavy atom. The number of nitrogens with zero attached hydrogens (tertiary/aromatic N) is 1. The second kappa shape index (κ2) is 8.21. The van der Waals surface area contributed by atoms with Crippen LogP contribution in [0.4, 0.5) is 11.4 Å². The minimum atomic E-state index is 0.105. The predicted molar refractivity (Wildman–Crippen MR) is 96.5 cm³/mol. The van der Waals surface area contributed by atoms with Gasteiger partial charge in [0.05, 0.1) is 0 Å². The van der Waals surface area contributed by atoms with Crippen molar-refractivity contribution in [2.75, 3.05) is 23.3 Å². The number of carbonyl (C=O) groups excluding carboxylic acids is 1. The molecule has 124 valence electrons. The van der Waals surface area contributed by atoms with Crippen LogP contribution in [-0.2, 0) is 4.79 Å². The van der Waals surface area contributed by atoms with Gasteiger partial charge in [0.1, 0.15) is 0 Å². The van der Waals surface area contributed by atoms with Gasteiger partial charge in [0.15, 0.2) is 0 Å². The number of benzene rings is 1. The summed E-state index contributed by atoms with van der Waals surface area (Å²) < 4.78 is 0. The smallest absolute Gasteiger partial charge is 0.224 e. The third-order valence-corrected chi connectivity index (χ3v) is 3.75. The van der Waals surface area contributed by atoms with Gasteiger partial charge in [-0.2, -0.15) is 0 Å². The van der Waals surface area contributed by atoms with E-state index in [9.17, 15) is 4.79 Å². The minimum absolute atomic E-state index is 0.105. The molecule has 0 bridgehead atoms. The molecule has 0 aliphatic carbocycles. The lowest BCUT2D eigenvalue weighted by Gasteiger charge is -2.23. The van der Waals surface area contributed by atoms with Gasteiger partial charge in [0.2, 0.25) is 5.91 Å². The summed E-state index contributed by atoms with van der Waals surface area (Å²) in [5, 5.41) is 3.04. The molecule has 0 aliphatic heterocycles. The Kier molecular flexibility index (Phi) is 6.92. The van der Waals surface area contributed by atoms with E-state index in [-0.39, 0.29) is 11.3 Å². The lowest BCUT2D eigenvalue weighted by atomic mass is 9.84. The van der Waals surface area contributed by atoms with Gasteiger partial charge in [-0.3, -0.25) is 4.79 Å². The van der Waals surface area contributed by atoms with Crippen molar-refractivity contribution in [2.45, 2.75) is 54.4 Å². The highest BCUT2D eigenvalue weighted by atomic mass is 16.1. The van der Waals surface area contributed by atoms with Crippen LogP contribution in [0.5, 0.6) is 0 Å². The van der Waals surface area contributed by atoms with Crippen molar-refractivity contribution in [1.82, 2.24) is 0 Å². The van der Waals surface area contributed by atoms with Crippen LogP contribution in [0, 0.1) is 11.3 Å². The van der Waals surface area contributed by atoms with Crippen molar-refractivity contribution in [3.05, 3.63) is 24.3 Å². The lowest BCUT2D eigenvalue weighted by molar-refractivity contribution is -0.117. The zero-order chi connectivity index (χ0) is 16.8. The molecular weight excluding hydrogens is 272 g/mol. The summed E-state index contributed by atoms with van der Waals surface area (Å²) >= 11 is 0. The molecule has 22 heavy (non-hydrogen) atoms. The fraction of sp³-hybridized carbons (Fsp3) is 0.632. The predicted octanol–water partition coefficient (Wildman–Crippen LogP) is 4.93. The largest absolute Gasteiger partial charge is 0.372 e. The highest BCUT2D eigenvalue weighted by molar-refractivity contribution is 5.91. The molecule has 1 atom stereocenters. The highest BCUT2D eigenvalue weighted by Crippen LogP contribution is 2.26. The molecule has 0 heterocycles. The van der Waals surface area contributed by atoms with Gasteiger partial charge in [0, 0.05) is 30.9 Å². The Labute approximate surface area is 136 Å². The molecule has 1 amide bonds. The van der Waals surface area contributed by atoms with Crippen LogP contribution in [0.2, 0.25) is 0 Å². The molecule has 3 heteroatoms. The maximum atomic E-state index is 12.2. The van der Waals surface area contributed by atoms with E-state index in [1.165, 1.54) is 0 Å². The molecule has 0 fully saturated rings. The van der Waals surface area contributed by atoms with Gasteiger partial charge >= 0.3 is 0 Å². The van der Waals surface area contributed by atoms with E-state index in [4.69, 9.17) is 0 Å². The maximum absolute atomic E-state index is 12.2. The average molecular weight is 304 g/mol. The molecule has 1 aromatic rings. The summed E-state index contributed by atoms with van der Waals surface area (Å²) in [5.41, 5.74) is 2.31. The molecule has 0 aliphatic rings. The Hall–Kier alpha value is -1.51. The van der Waals surface area contributed by atoms with Crippen LogP contribution in [0.1, 0.15) is 54.4 Å². The number of hydrogen-bond acceptors (Lipinski definition) is 2. The van der Waals surface area contributed by atoms with Crippen LogP contribution in [0.15, 0.2) is 24.3 Å². The molecule has 1 unspecified atom stereocenters. The van der Waals surface area contributed by atoms with Gasteiger partial charge in [-0.25, -0.2) is 0 Å². The summed E-state index contributed by atoms with van der Waals surface area (Å²) in [7, 11) is 0. The van der Waals surface area contributed by atoms with Gasteiger partial charge in [0.25, 0.3) is 0 Å². The fourth-order valence-electron chi connectivity index (χ4n) is 3.02. The quantitative estimate of drug-likeness (QED) is 0.774. The Morgan fingerprint density at radius 3 is 2.41 bits per heavy atom. The zero-order valence-electron chi connectivity index (χ0n) is 15.1. The van der Waals surface area contributed by atoms with E-state index < -0.39 is 0 Å². The highest BCUT2D eigenvalue weighted by Gasteiger charge is 2.17. The summed E-state index contributed by atoms with van der Waals surface area (Å²) in [4.78, 5) is 14.5. The van der Waals surface area contributed by atoms with Crippen molar-refractivity contribution in [1.29, 1.82) is 0 Å². The number of anilines is 2. The molecule has 1 rings (SSSR count). The molecule has 0 saturated heterocycles. The molecule has 0 radical (unpaired) electrons. The average Bonchev–Trinajstić information content (AvgIpc) is 2.37. The summed E-state index contributed by atoms with van der Waals surface area (Å²) in [6, 6.07) is 8.10. The van der Waals surface area contributed by atoms with Crippen LogP contribution in [0.3, 0.4) is 0 Å². The number of nitrogens with one attached hydrogen (secondary N) is 1. The third kappa shape index (κ3) is 6.50. The van der Waals surface area contributed by atoms with Crippen molar-refractivity contribution in [3.8, 4) is 0 Å². The SMILES string of the molecule is CCN(CC)c1cccc(NC(=O)CC(C)CC(C)(C)C)c1. The molecule has 0 saturated carbocycles. The summed E-state index contributed by atoms with van der Waals surface area (Å²) in [6.07, 6.45) is 1.63. The lowest BCUT2D eigenvalue weighted by Crippen LogP contribution is -2.22. The molecule has 0 spiro atoms. The first-order chi connectivity index (χ1) is 10.2. The monoisotopic (exact) mass is 304 g/mol. The second-order valence-corrected chi connectivity index (χ2v) is 7.34. The molecular formula is C19H32N2O. The fourth-order valence-corrected chi connectivity index (χ4v) is 3.02. The topological polar surface area (TPSA) is 32.3 Å². The minimum Gasteiger partial charge on any atom is -0.372 e. The van der Waals surface area contributed by atoms with Crippen molar-refractivity contribution < 1.29 is 4.79 Å². The standard InChI is InChI=1S/C19H32N2O/c1-7-21(8-2)17-11-9-10-16(13-17)20-18(22)12-15(3)14-19(4,5)6/h9-11,13,15H,7-8,12,14H2,1-6H3,(H,20,22). The third-order valence-electron chi connectivity index (χ3n) is 3.75. The Bertz CT molecular complexity index is 473. The first kappa shape index (κ1) is 18.5. The van der Waals surface area contributed by atoms with Crippen LogP contribution in [-0.4, -0.2) is 19.0 Å². The molecule has 0 aromatic heterocycles. The van der Waals surface area contributed by atoms with E-state index in [0.29, 0.717) is 12.3 Å². The molecule has 1 aromatic carbocycles. The normalized spacial score (nSPS) is 12.8. The second-order valence-electron chi connectivity index (χ2n) is 7.34. The summed E-state index contributed by atoms with van der Waals surface area (Å²) in [5.74, 6) is 0.499. The van der Waals surface area contributed by atoms with Crippen LogP contribution < -0.4 is 10.2 Å². The van der Waals surface area contributed by atoms with E-state index in [1.807, 2.05) is 12.1 Å². The molecule has 1 N–H and O–H groups in total. The van der Waals surface area contributed by atoms with Gasteiger partial charge in [-0.1, -0.05) is 33.8 Å². The van der Waals surface area contributed by atoms with Crippen LogP contribution in [0.25, 0.3) is 0 Å². The summed E-state index contributed by atoms with van der Waals surface area (Å²) in [6.45, 7) is 15.0. The first-order valence-electron chi connectivity index (χ1n) is 8.40. The van der Waals surface area contributed by atoms with Gasteiger partial charge in [-0.05, 0) is 49.8 Å². The van der Waals surface area contributed by atoms with Gasteiger partial charge in [-0.15, -0.1) is 0 Å². The van der Waals surface area contributed by atoms with Crippen molar-refractivity contribution in [3.63, 3.8) is 0 Å². The van der Waals surface area contributed by atoms with Gasteiger partial charge < -0.3 is 10.2 Å². The van der Waals surface area contributed by atoms with E-state index in [1.54, 1.807) is 0 Å². The van der Waals surface area contributed by atoms with E-state index >= 15 is 0 Å². The van der Waals surface area contributed by atoms with E-state index in [2.05, 4.69) is 63.9 Å². The maximum Gasteiger partial charge on any atom is 0.224 e. The van der Waals surface area contributed by atoms with Crippen molar-refractivity contribution >= 4 is 17.3 Å². The number of carbonyl (C=O) groups is 1. The Morgan fingerprint density at radius 1 is 1.23 bits per heavy atom. The van der Waals surface area contributed by atoms with Crippen molar-refractivity contribution in [2.24, 2.45) is 11.3 Å². The van der Waals surface area contributed by atoms with E-state index in [0.717, 1.165) is 30.9 Å². The zero-order valence-corrected chi connectivity index (χ0v) is 15.1.